The summed E-state index contributed by atoms with van der Waals surface area (Å²) in [5, 5.41) is 0. The van der Waals surface area contributed by atoms with Crippen molar-refractivity contribution in [1.29, 1.82) is 0 Å². The molecular formula is C19H29NO. The van der Waals surface area contributed by atoms with Crippen LogP contribution in [0.3, 0.4) is 0 Å². The molecule has 1 atom stereocenters. The molecule has 2 heteroatoms. The molecule has 0 N–H and O–H groups in total. The van der Waals surface area contributed by atoms with Crippen LogP contribution in [-0.2, 0) is 4.79 Å². The van der Waals surface area contributed by atoms with Gasteiger partial charge in [0.15, 0.2) is 0 Å². The number of amides is 1. The maximum absolute atomic E-state index is 12.2. The number of allylic oxidation sites excluding steroid dienone is 5. The Labute approximate surface area is 129 Å². The van der Waals surface area contributed by atoms with Crippen molar-refractivity contribution in [2.45, 2.75) is 46.0 Å². The molecule has 0 bridgehead atoms. The lowest BCUT2D eigenvalue weighted by atomic mass is 9.73. The van der Waals surface area contributed by atoms with Crippen molar-refractivity contribution in [3.63, 3.8) is 0 Å². The van der Waals surface area contributed by atoms with Crippen molar-refractivity contribution >= 4 is 5.91 Å². The highest BCUT2D eigenvalue weighted by molar-refractivity contribution is 5.76. The SMILES string of the molecule is C=C/C=C\C(=C/C=C)C1(CC)CCCCN(C(=O)CC)C1. The first kappa shape index (κ1) is 17.5. The standard InChI is InChI=1S/C19H29NO/c1-5-9-13-17(12-6-2)19(8-4)14-10-11-15-20(16-19)18(21)7-3/h5-6,9,12-13H,1-2,7-8,10-11,14-16H2,3-4H3/b13-9-,17-12+. The Hall–Kier alpha value is -1.57. The highest BCUT2D eigenvalue weighted by Gasteiger charge is 2.35. The zero-order valence-corrected chi connectivity index (χ0v) is 13.6. The summed E-state index contributed by atoms with van der Waals surface area (Å²) < 4.78 is 0. The average molecular weight is 287 g/mol. The van der Waals surface area contributed by atoms with E-state index in [0.717, 1.165) is 38.8 Å². The third kappa shape index (κ3) is 4.45. The molecule has 1 aliphatic rings. The number of hydrogen-bond acceptors (Lipinski definition) is 1. The Bertz CT molecular complexity index is 433. The van der Waals surface area contributed by atoms with E-state index in [0.29, 0.717) is 6.42 Å². The van der Waals surface area contributed by atoms with Crippen LogP contribution in [0, 0.1) is 5.41 Å². The van der Waals surface area contributed by atoms with Gasteiger partial charge in [-0.3, -0.25) is 4.79 Å². The third-order valence-electron chi connectivity index (χ3n) is 4.48. The van der Waals surface area contributed by atoms with Crippen LogP contribution in [0.2, 0.25) is 0 Å². The summed E-state index contributed by atoms with van der Waals surface area (Å²) in [7, 11) is 0. The molecule has 1 saturated heterocycles. The molecule has 0 aromatic heterocycles. The zero-order valence-electron chi connectivity index (χ0n) is 13.6. The van der Waals surface area contributed by atoms with Gasteiger partial charge in [0.2, 0.25) is 5.91 Å². The largest absolute Gasteiger partial charge is 0.342 e. The molecule has 1 rings (SSSR count). The fourth-order valence-electron chi connectivity index (χ4n) is 3.16. The van der Waals surface area contributed by atoms with E-state index in [9.17, 15) is 4.79 Å². The molecule has 1 aliphatic heterocycles. The first-order chi connectivity index (χ1) is 10.1. The normalized spacial score (nSPS) is 23.9. The second-order valence-electron chi connectivity index (χ2n) is 5.71. The van der Waals surface area contributed by atoms with Crippen LogP contribution in [0.4, 0.5) is 0 Å². The molecule has 0 spiro atoms. The summed E-state index contributed by atoms with van der Waals surface area (Å²) in [5.74, 6) is 0.264. The van der Waals surface area contributed by atoms with Gasteiger partial charge < -0.3 is 4.90 Å². The van der Waals surface area contributed by atoms with Gasteiger partial charge in [0.1, 0.15) is 0 Å². The van der Waals surface area contributed by atoms with Crippen LogP contribution in [-0.4, -0.2) is 23.9 Å². The summed E-state index contributed by atoms with van der Waals surface area (Å²) in [5.41, 5.74) is 1.30. The minimum Gasteiger partial charge on any atom is -0.342 e. The highest BCUT2D eigenvalue weighted by atomic mass is 16.2. The van der Waals surface area contributed by atoms with Crippen LogP contribution in [0.25, 0.3) is 0 Å². The van der Waals surface area contributed by atoms with Crippen LogP contribution >= 0.6 is 0 Å². The molecule has 1 amide bonds. The third-order valence-corrected chi connectivity index (χ3v) is 4.48. The number of rotatable bonds is 6. The van der Waals surface area contributed by atoms with E-state index in [-0.39, 0.29) is 11.3 Å². The Morgan fingerprint density at radius 2 is 2.00 bits per heavy atom. The van der Waals surface area contributed by atoms with Crippen molar-refractivity contribution < 1.29 is 4.79 Å². The summed E-state index contributed by atoms with van der Waals surface area (Å²) in [6.07, 6.45) is 14.8. The van der Waals surface area contributed by atoms with Gasteiger partial charge in [-0.15, -0.1) is 0 Å². The molecule has 0 aromatic carbocycles. The Kier molecular flexibility index (Phi) is 7.21. The molecule has 0 aromatic rings. The molecule has 0 radical (unpaired) electrons. The van der Waals surface area contributed by atoms with Crippen LogP contribution < -0.4 is 0 Å². The van der Waals surface area contributed by atoms with Gasteiger partial charge in [0, 0.05) is 24.9 Å². The summed E-state index contributed by atoms with van der Waals surface area (Å²) in [6.45, 7) is 13.5. The zero-order chi connectivity index (χ0) is 15.7. The molecule has 0 aliphatic carbocycles. The van der Waals surface area contributed by atoms with E-state index in [4.69, 9.17) is 0 Å². The fraction of sp³-hybridized carbons (Fsp3) is 0.526. The van der Waals surface area contributed by atoms with Crippen molar-refractivity contribution in [3.8, 4) is 0 Å². The van der Waals surface area contributed by atoms with E-state index >= 15 is 0 Å². The molecule has 0 saturated carbocycles. The molecule has 1 heterocycles. The molecule has 1 unspecified atom stereocenters. The number of likely N-dealkylation sites (tertiary alicyclic amines) is 1. The molecular weight excluding hydrogens is 258 g/mol. The predicted molar refractivity (Wildman–Crippen MR) is 91.1 cm³/mol. The Morgan fingerprint density at radius 3 is 2.57 bits per heavy atom. The minimum absolute atomic E-state index is 0.0367. The lowest BCUT2D eigenvalue weighted by Crippen LogP contribution is -2.40. The first-order valence-electron chi connectivity index (χ1n) is 8.03. The summed E-state index contributed by atoms with van der Waals surface area (Å²) in [4.78, 5) is 14.2. The fourth-order valence-corrected chi connectivity index (χ4v) is 3.16. The maximum Gasteiger partial charge on any atom is 0.222 e. The summed E-state index contributed by atoms with van der Waals surface area (Å²) in [6, 6.07) is 0. The van der Waals surface area contributed by atoms with Gasteiger partial charge in [-0.2, -0.15) is 0 Å². The summed E-state index contributed by atoms with van der Waals surface area (Å²) >= 11 is 0. The van der Waals surface area contributed by atoms with E-state index in [2.05, 4.69) is 37.1 Å². The molecule has 116 valence electrons. The quantitative estimate of drug-likeness (QED) is 0.651. The molecule has 21 heavy (non-hydrogen) atoms. The monoisotopic (exact) mass is 287 g/mol. The Balaban J connectivity index is 3.16. The maximum atomic E-state index is 12.2. The van der Waals surface area contributed by atoms with Crippen molar-refractivity contribution in [1.82, 2.24) is 4.90 Å². The minimum atomic E-state index is 0.0367. The number of nitrogens with zero attached hydrogens (tertiary/aromatic N) is 1. The second-order valence-corrected chi connectivity index (χ2v) is 5.71. The average Bonchev–Trinajstić information content (AvgIpc) is 2.74. The number of hydrogen-bond donors (Lipinski definition) is 0. The van der Waals surface area contributed by atoms with Crippen LogP contribution in [0.1, 0.15) is 46.0 Å². The lowest BCUT2D eigenvalue weighted by Gasteiger charge is -2.37. The van der Waals surface area contributed by atoms with E-state index in [1.807, 2.05) is 19.1 Å². The van der Waals surface area contributed by atoms with Crippen molar-refractivity contribution in [2.24, 2.45) is 5.41 Å². The van der Waals surface area contributed by atoms with Crippen molar-refractivity contribution in [2.75, 3.05) is 13.1 Å². The second kappa shape index (κ2) is 8.66. The smallest absolute Gasteiger partial charge is 0.222 e. The van der Waals surface area contributed by atoms with E-state index in [1.165, 1.54) is 5.57 Å². The van der Waals surface area contributed by atoms with Crippen LogP contribution in [0.5, 0.6) is 0 Å². The van der Waals surface area contributed by atoms with E-state index < -0.39 is 0 Å². The molecule has 2 nitrogen and oxygen atoms in total. The van der Waals surface area contributed by atoms with Gasteiger partial charge in [-0.25, -0.2) is 0 Å². The van der Waals surface area contributed by atoms with Gasteiger partial charge in [0.25, 0.3) is 0 Å². The number of carbonyl (C=O) groups excluding carboxylic acids is 1. The predicted octanol–water partition coefficient (Wildman–Crippen LogP) is 4.66. The van der Waals surface area contributed by atoms with Crippen LogP contribution in [0.15, 0.2) is 49.1 Å². The van der Waals surface area contributed by atoms with Gasteiger partial charge in [-0.1, -0.05) is 63.8 Å². The lowest BCUT2D eigenvalue weighted by molar-refractivity contribution is -0.131. The van der Waals surface area contributed by atoms with Gasteiger partial charge in [-0.05, 0) is 24.8 Å². The Morgan fingerprint density at radius 1 is 1.24 bits per heavy atom. The highest BCUT2D eigenvalue weighted by Crippen LogP contribution is 2.40. The molecule has 1 fully saturated rings. The first-order valence-corrected chi connectivity index (χ1v) is 8.03. The van der Waals surface area contributed by atoms with Gasteiger partial charge in [0.05, 0.1) is 0 Å². The van der Waals surface area contributed by atoms with E-state index in [1.54, 1.807) is 6.08 Å². The van der Waals surface area contributed by atoms with Gasteiger partial charge >= 0.3 is 0 Å². The topological polar surface area (TPSA) is 20.3 Å². The van der Waals surface area contributed by atoms with Crippen molar-refractivity contribution in [3.05, 3.63) is 49.1 Å². The number of carbonyl (C=O) groups is 1.